The number of rotatable bonds is 2. The van der Waals surface area contributed by atoms with Crippen LogP contribution in [-0.4, -0.2) is 9.78 Å². The molecule has 0 atom stereocenters. The lowest BCUT2D eigenvalue weighted by Gasteiger charge is -2.03. The SMILES string of the molecule is Brc1ccc2cnn(Cc3ccccc3)c2c1. The van der Waals surface area contributed by atoms with E-state index in [0.29, 0.717) is 0 Å². The van der Waals surface area contributed by atoms with Crippen LogP contribution in [0.2, 0.25) is 0 Å². The zero-order valence-electron chi connectivity index (χ0n) is 9.18. The van der Waals surface area contributed by atoms with Gasteiger partial charge >= 0.3 is 0 Å². The largest absolute Gasteiger partial charge is 0.260 e. The monoisotopic (exact) mass is 286 g/mol. The van der Waals surface area contributed by atoms with Gasteiger partial charge in [-0.05, 0) is 17.7 Å². The van der Waals surface area contributed by atoms with Crippen molar-refractivity contribution in [2.75, 3.05) is 0 Å². The number of hydrogen-bond acceptors (Lipinski definition) is 1. The summed E-state index contributed by atoms with van der Waals surface area (Å²) in [5.74, 6) is 0. The summed E-state index contributed by atoms with van der Waals surface area (Å²) in [5, 5.41) is 5.60. The molecule has 0 aliphatic rings. The maximum Gasteiger partial charge on any atom is 0.0697 e. The maximum absolute atomic E-state index is 4.43. The molecule has 3 heteroatoms. The molecule has 0 bridgehead atoms. The van der Waals surface area contributed by atoms with Gasteiger partial charge in [0.25, 0.3) is 0 Å². The molecule has 1 heterocycles. The van der Waals surface area contributed by atoms with Crippen LogP contribution in [0.1, 0.15) is 5.56 Å². The number of hydrogen-bond donors (Lipinski definition) is 0. The molecule has 17 heavy (non-hydrogen) atoms. The maximum atomic E-state index is 4.43. The minimum absolute atomic E-state index is 0.806. The highest BCUT2D eigenvalue weighted by molar-refractivity contribution is 9.10. The Labute approximate surface area is 108 Å². The van der Waals surface area contributed by atoms with E-state index in [9.17, 15) is 0 Å². The van der Waals surface area contributed by atoms with Gasteiger partial charge in [0, 0.05) is 9.86 Å². The fourth-order valence-corrected chi connectivity index (χ4v) is 2.27. The van der Waals surface area contributed by atoms with Crippen LogP contribution in [-0.2, 0) is 6.54 Å². The Morgan fingerprint density at radius 2 is 1.88 bits per heavy atom. The second-order valence-corrected chi connectivity index (χ2v) is 4.91. The van der Waals surface area contributed by atoms with Gasteiger partial charge in [-0.1, -0.05) is 52.3 Å². The molecular weight excluding hydrogens is 276 g/mol. The zero-order chi connectivity index (χ0) is 11.7. The molecule has 0 spiro atoms. The number of nitrogens with zero attached hydrogens (tertiary/aromatic N) is 2. The predicted octanol–water partition coefficient (Wildman–Crippen LogP) is 3.85. The van der Waals surface area contributed by atoms with Gasteiger partial charge in [0.2, 0.25) is 0 Å². The first kappa shape index (κ1) is 10.5. The molecule has 0 amide bonds. The second-order valence-electron chi connectivity index (χ2n) is 3.99. The van der Waals surface area contributed by atoms with Gasteiger partial charge in [0.1, 0.15) is 0 Å². The van der Waals surface area contributed by atoms with E-state index < -0.39 is 0 Å². The van der Waals surface area contributed by atoms with Crippen LogP contribution in [0.3, 0.4) is 0 Å². The molecule has 0 aliphatic heterocycles. The van der Waals surface area contributed by atoms with E-state index in [0.717, 1.165) is 16.5 Å². The summed E-state index contributed by atoms with van der Waals surface area (Å²) in [6, 6.07) is 16.6. The Kier molecular flexibility index (Phi) is 2.69. The van der Waals surface area contributed by atoms with Crippen molar-refractivity contribution in [1.29, 1.82) is 0 Å². The highest BCUT2D eigenvalue weighted by Gasteiger charge is 2.03. The zero-order valence-corrected chi connectivity index (χ0v) is 10.8. The smallest absolute Gasteiger partial charge is 0.0697 e. The van der Waals surface area contributed by atoms with Crippen molar-refractivity contribution in [3.63, 3.8) is 0 Å². The Bertz CT molecular complexity index is 644. The summed E-state index contributed by atoms with van der Waals surface area (Å²) < 4.78 is 3.11. The van der Waals surface area contributed by atoms with Gasteiger partial charge in [-0.3, -0.25) is 4.68 Å². The highest BCUT2D eigenvalue weighted by atomic mass is 79.9. The van der Waals surface area contributed by atoms with Crippen molar-refractivity contribution in [2.24, 2.45) is 0 Å². The average molecular weight is 287 g/mol. The minimum Gasteiger partial charge on any atom is -0.260 e. The molecule has 84 valence electrons. The first-order valence-corrected chi connectivity index (χ1v) is 6.27. The van der Waals surface area contributed by atoms with E-state index in [-0.39, 0.29) is 0 Å². The van der Waals surface area contributed by atoms with Crippen LogP contribution in [0.15, 0.2) is 59.2 Å². The molecule has 0 fully saturated rings. The molecule has 0 N–H and O–H groups in total. The van der Waals surface area contributed by atoms with E-state index in [1.165, 1.54) is 10.9 Å². The van der Waals surface area contributed by atoms with Crippen molar-refractivity contribution >= 4 is 26.8 Å². The van der Waals surface area contributed by atoms with Gasteiger partial charge in [0.15, 0.2) is 0 Å². The first-order valence-electron chi connectivity index (χ1n) is 5.48. The summed E-state index contributed by atoms with van der Waals surface area (Å²) in [7, 11) is 0. The molecule has 0 radical (unpaired) electrons. The van der Waals surface area contributed by atoms with Gasteiger partial charge in [0.05, 0.1) is 18.3 Å². The van der Waals surface area contributed by atoms with Crippen molar-refractivity contribution < 1.29 is 0 Å². The van der Waals surface area contributed by atoms with Gasteiger partial charge < -0.3 is 0 Å². The van der Waals surface area contributed by atoms with Crippen LogP contribution in [0, 0.1) is 0 Å². The summed E-state index contributed by atoms with van der Waals surface area (Å²) >= 11 is 3.50. The van der Waals surface area contributed by atoms with Crippen LogP contribution >= 0.6 is 15.9 Å². The van der Waals surface area contributed by atoms with Crippen LogP contribution in [0.5, 0.6) is 0 Å². The van der Waals surface area contributed by atoms with Crippen molar-refractivity contribution in [1.82, 2.24) is 9.78 Å². The fraction of sp³-hybridized carbons (Fsp3) is 0.0714. The Balaban J connectivity index is 2.03. The summed E-state index contributed by atoms with van der Waals surface area (Å²) in [4.78, 5) is 0. The molecule has 0 unspecified atom stereocenters. The third-order valence-corrected chi connectivity index (χ3v) is 3.28. The van der Waals surface area contributed by atoms with Crippen LogP contribution < -0.4 is 0 Å². The summed E-state index contributed by atoms with van der Waals surface area (Å²) in [6.07, 6.45) is 1.91. The first-order chi connectivity index (χ1) is 8.33. The molecule has 1 aromatic heterocycles. The van der Waals surface area contributed by atoms with Crippen LogP contribution in [0.25, 0.3) is 10.9 Å². The summed E-state index contributed by atoms with van der Waals surface area (Å²) in [5.41, 5.74) is 2.42. The quantitative estimate of drug-likeness (QED) is 0.700. The number of halogens is 1. The van der Waals surface area contributed by atoms with E-state index in [1.807, 2.05) is 23.0 Å². The fourth-order valence-electron chi connectivity index (χ4n) is 1.93. The molecule has 2 aromatic carbocycles. The minimum atomic E-state index is 0.806. The lowest BCUT2D eigenvalue weighted by Crippen LogP contribution is -2.00. The van der Waals surface area contributed by atoms with E-state index in [1.54, 1.807) is 0 Å². The molecule has 3 rings (SSSR count). The molecule has 0 saturated heterocycles. The molecule has 2 nitrogen and oxygen atoms in total. The highest BCUT2D eigenvalue weighted by Crippen LogP contribution is 2.20. The molecular formula is C14H11BrN2. The predicted molar refractivity (Wildman–Crippen MR) is 73.0 cm³/mol. The molecule has 0 saturated carbocycles. The van der Waals surface area contributed by atoms with E-state index in [4.69, 9.17) is 0 Å². The lowest BCUT2D eigenvalue weighted by molar-refractivity contribution is 0.712. The second kappa shape index (κ2) is 4.34. The molecule has 3 aromatic rings. The van der Waals surface area contributed by atoms with Gasteiger partial charge in [-0.2, -0.15) is 5.10 Å². The van der Waals surface area contributed by atoms with E-state index >= 15 is 0 Å². The number of aromatic nitrogens is 2. The summed E-state index contributed by atoms with van der Waals surface area (Å²) in [6.45, 7) is 0.806. The number of benzene rings is 2. The third-order valence-electron chi connectivity index (χ3n) is 2.78. The van der Waals surface area contributed by atoms with Gasteiger partial charge in [-0.15, -0.1) is 0 Å². The Morgan fingerprint density at radius 3 is 2.71 bits per heavy atom. The molecule has 0 aliphatic carbocycles. The van der Waals surface area contributed by atoms with Crippen molar-refractivity contribution in [2.45, 2.75) is 6.54 Å². The Hall–Kier alpha value is -1.61. The van der Waals surface area contributed by atoms with E-state index in [2.05, 4.69) is 57.4 Å². The number of fused-ring (bicyclic) bond motifs is 1. The third kappa shape index (κ3) is 2.11. The topological polar surface area (TPSA) is 17.8 Å². The van der Waals surface area contributed by atoms with Crippen molar-refractivity contribution in [3.05, 3.63) is 64.8 Å². The van der Waals surface area contributed by atoms with Crippen molar-refractivity contribution in [3.8, 4) is 0 Å². The standard InChI is InChI=1S/C14H11BrN2/c15-13-7-6-12-9-16-17(14(12)8-13)10-11-4-2-1-3-5-11/h1-9H,10H2. The van der Waals surface area contributed by atoms with Gasteiger partial charge in [-0.25, -0.2) is 0 Å². The van der Waals surface area contributed by atoms with Crippen LogP contribution in [0.4, 0.5) is 0 Å². The normalized spacial score (nSPS) is 10.9. The average Bonchev–Trinajstić information content (AvgIpc) is 2.73. The lowest BCUT2D eigenvalue weighted by atomic mass is 10.2. The Morgan fingerprint density at radius 1 is 1.06 bits per heavy atom.